The number of para-hydroxylation sites is 1. The van der Waals surface area contributed by atoms with Crippen LogP contribution in [0.25, 0.3) is 10.8 Å². The van der Waals surface area contributed by atoms with Crippen LogP contribution in [0.2, 0.25) is 0 Å². The Balaban J connectivity index is 0.00000240. The van der Waals surface area contributed by atoms with Crippen LogP contribution in [0, 0.1) is 0 Å². The smallest absolute Gasteiger partial charge is 0.243 e. The fourth-order valence-electron chi connectivity index (χ4n) is 3.01. The van der Waals surface area contributed by atoms with Crippen molar-refractivity contribution >= 4 is 22.1 Å². The zero-order valence-electron chi connectivity index (χ0n) is 15.9. The zero-order chi connectivity index (χ0) is 19.3. The fraction of sp³-hybridized carbons (Fsp3) is 0.136. The van der Waals surface area contributed by atoms with Gasteiger partial charge in [0.15, 0.2) is 0 Å². The van der Waals surface area contributed by atoms with E-state index in [0.717, 1.165) is 17.3 Å². The van der Waals surface area contributed by atoms with Crippen LogP contribution in [-0.2, 0) is 13.6 Å². The van der Waals surface area contributed by atoms with Crippen molar-refractivity contribution < 1.29 is 26.8 Å². The minimum atomic E-state index is 0. The third-order valence-electron chi connectivity index (χ3n) is 4.43. The number of ether oxygens (including phenoxy) is 1. The van der Waals surface area contributed by atoms with Gasteiger partial charge in [0.25, 0.3) is 0 Å². The number of aryl methyl sites for hydroxylation is 1. The van der Waals surface area contributed by atoms with Crippen molar-refractivity contribution in [2.45, 2.75) is 6.54 Å². The lowest BCUT2D eigenvalue weighted by molar-refractivity contribution is -0.671. The number of aromatic hydroxyl groups is 1. The number of phenols is 1. The van der Waals surface area contributed by atoms with Crippen LogP contribution in [-0.4, -0.2) is 16.3 Å². The Morgan fingerprint density at radius 3 is 2.62 bits per heavy atom. The Kier molecular flexibility index (Phi) is 6.46. The molecule has 0 aliphatic carbocycles. The molecule has 7 heteroatoms. The Morgan fingerprint density at radius 2 is 1.79 bits per heavy atom. The molecule has 0 aliphatic heterocycles. The fourth-order valence-corrected chi connectivity index (χ4v) is 3.01. The second-order valence-electron chi connectivity index (χ2n) is 6.49. The third-order valence-corrected chi connectivity index (χ3v) is 4.43. The number of hydrogen-bond donors (Lipinski definition) is 1. The van der Waals surface area contributed by atoms with E-state index in [1.54, 1.807) is 6.07 Å². The highest BCUT2D eigenvalue weighted by atomic mass is 35.5. The lowest BCUT2D eigenvalue weighted by Crippen LogP contribution is -3.00. The molecule has 0 atom stereocenters. The minimum Gasteiger partial charge on any atom is -1.00 e. The number of nitrogens with zero attached hydrogens (tertiary/aromatic N) is 4. The molecular weight excluding hydrogens is 388 g/mol. The van der Waals surface area contributed by atoms with Gasteiger partial charge in [-0.25, -0.2) is 9.13 Å². The topological polar surface area (TPSA) is 63.0 Å². The zero-order valence-corrected chi connectivity index (χ0v) is 16.7. The van der Waals surface area contributed by atoms with Crippen LogP contribution >= 0.6 is 0 Å². The highest BCUT2D eigenvalue weighted by Gasteiger charge is 2.08. The molecule has 1 aromatic heterocycles. The van der Waals surface area contributed by atoms with Crippen molar-refractivity contribution in [1.82, 2.24) is 4.57 Å². The molecule has 148 valence electrons. The molecule has 4 aromatic rings. The van der Waals surface area contributed by atoms with Crippen molar-refractivity contribution in [2.75, 3.05) is 6.61 Å². The molecule has 0 saturated heterocycles. The summed E-state index contributed by atoms with van der Waals surface area (Å²) in [4.78, 5) is 0. The first kappa shape index (κ1) is 20.4. The predicted molar refractivity (Wildman–Crippen MR) is 107 cm³/mol. The SMILES string of the molecule is C[n+]1ccn(CCOc2ccccc2N=Nc2c(O)ccc3ccccc23)c1.[Cl-]. The van der Waals surface area contributed by atoms with E-state index < -0.39 is 0 Å². The van der Waals surface area contributed by atoms with Gasteiger partial charge in [-0.05, 0) is 23.6 Å². The van der Waals surface area contributed by atoms with Gasteiger partial charge < -0.3 is 22.3 Å². The molecular formula is C22H21ClN4O2. The van der Waals surface area contributed by atoms with Gasteiger partial charge in [-0.1, -0.05) is 42.5 Å². The Bertz CT molecular complexity index is 1140. The molecule has 0 radical (unpaired) electrons. The molecule has 3 aromatic carbocycles. The van der Waals surface area contributed by atoms with Crippen molar-refractivity contribution in [3.8, 4) is 11.5 Å². The lowest BCUT2D eigenvalue weighted by atomic mass is 10.1. The number of rotatable bonds is 6. The summed E-state index contributed by atoms with van der Waals surface area (Å²) in [5.74, 6) is 0.754. The number of fused-ring (bicyclic) bond motifs is 1. The second-order valence-corrected chi connectivity index (χ2v) is 6.49. The number of benzene rings is 3. The number of halogens is 1. The van der Waals surface area contributed by atoms with Gasteiger partial charge in [0.1, 0.15) is 48.4 Å². The molecule has 6 nitrogen and oxygen atoms in total. The van der Waals surface area contributed by atoms with E-state index in [0.29, 0.717) is 23.7 Å². The van der Waals surface area contributed by atoms with Crippen molar-refractivity contribution in [2.24, 2.45) is 17.3 Å². The molecule has 0 saturated carbocycles. The van der Waals surface area contributed by atoms with Crippen molar-refractivity contribution in [3.63, 3.8) is 0 Å². The summed E-state index contributed by atoms with van der Waals surface area (Å²) in [5.41, 5.74) is 1.07. The Hall–Kier alpha value is -3.38. The molecule has 29 heavy (non-hydrogen) atoms. The molecule has 0 amide bonds. The Labute approximate surface area is 175 Å². The molecule has 0 aliphatic rings. The van der Waals surface area contributed by atoms with Crippen LogP contribution < -0.4 is 21.7 Å². The molecule has 1 N–H and O–H groups in total. The van der Waals surface area contributed by atoms with Gasteiger partial charge in [-0.3, -0.25) is 0 Å². The summed E-state index contributed by atoms with van der Waals surface area (Å²) in [6, 6.07) is 18.8. The molecule has 1 heterocycles. The van der Waals surface area contributed by atoms with Gasteiger partial charge in [0, 0.05) is 5.39 Å². The van der Waals surface area contributed by atoms with Crippen LogP contribution in [0.1, 0.15) is 0 Å². The van der Waals surface area contributed by atoms with Gasteiger partial charge in [-0.2, -0.15) is 0 Å². The van der Waals surface area contributed by atoms with E-state index in [9.17, 15) is 5.11 Å². The van der Waals surface area contributed by atoms with E-state index in [4.69, 9.17) is 4.74 Å². The molecule has 0 bridgehead atoms. The summed E-state index contributed by atoms with van der Waals surface area (Å²) < 4.78 is 9.95. The second kappa shape index (κ2) is 9.21. The van der Waals surface area contributed by atoms with E-state index in [-0.39, 0.29) is 18.2 Å². The predicted octanol–water partition coefficient (Wildman–Crippen LogP) is 1.67. The minimum absolute atomic E-state index is 0. The summed E-state index contributed by atoms with van der Waals surface area (Å²) >= 11 is 0. The maximum absolute atomic E-state index is 10.2. The summed E-state index contributed by atoms with van der Waals surface area (Å²) in [7, 11) is 1.98. The first-order valence-electron chi connectivity index (χ1n) is 9.06. The standard InChI is InChI=1S/C22H20N4O2.ClH/c1-25-12-13-26(16-25)14-15-28-21-9-5-4-8-19(21)23-24-22-18-7-3-2-6-17(18)10-11-20(22)27;/h2-13,16H,14-15H2,1H3;1H. The normalized spacial score (nSPS) is 10.9. The van der Waals surface area contributed by atoms with Crippen LogP contribution in [0.4, 0.5) is 11.4 Å². The molecule has 0 fully saturated rings. The molecule has 4 rings (SSSR count). The Morgan fingerprint density at radius 1 is 1.00 bits per heavy atom. The largest absolute Gasteiger partial charge is 1.00 e. The molecule has 0 spiro atoms. The first-order valence-corrected chi connectivity index (χ1v) is 9.06. The number of imidazole rings is 1. The van der Waals surface area contributed by atoms with Gasteiger partial charge in [0.2, 0.25) is 6.33 Å². The van der Waals surface area contributed by atoms with Gasteiger partial charge in [0.05, 0.1) is 7.05 Å². The van der Waals surface area contributed by atoms with Crippen molar-refractivity contribution in [1.29, 1.82) is 0 Å². The highest BCUT2D eigenvalue weighted by Crippen LogP contribution is 2.37. The van der Waals surface area contributed by atoms with E-state index in [1.807, 2.05) is 84.9 Å². The van der Waals surface area contributed by atoms with Gasteiger partial charge in [-0.15, -0.1) is 10.2 Å². The first-order chi connectivity index (χ1) is 13.7. The summed E-state index contributed by atoms with van der Waals surface area (Å²) in [6.07, 6.45) is 5.98. The van der Waals surface area contributed by atoms with Crippen LogP contribution in [0.3, 0.4) is 0 Å². The maximum atomic E-state index is 10.2. The maximum Gasteiger partial charge on any atom is 0.243 e. The number of hydrogen-bond acceptors (Lipinski definition) is 4. The number of azo groups is 1. The van der Waals surface area contributed by atoms with Gasteiger partial charge >= 0.3 is 0 Å². The quantitative estimate of drug-likeness (QED) is 0.389. The third kappa shape index (κ3) is 4.73. The summed E-state index contributed by atoms with van der Waals surface area (Å²) in [5, 5.41) is 20.8. The average molecular weight is 409 g/mol. The van der Waals surface area contributed by atoms with E-state index >= 15 is 0 Å². The van der Waals surface area contributed by atoms with E-state index in [1.165, 1.54) is 0 Å². The van der Waals surface area contributed by atoms with E-state index in [2.05, 4.69) is 14.8 Å². The van der Waals surface area contributed by atoms with Crippen LogP contribution in [0.15, 0.2) is 89.6 Å². The van der Waals surface area contributed by atoms with Crippen molar-refractivity contribution in [3.05, 3.63) is 79.4 Å². The number of phenolic OH excluding ortho intramolecular Hbond substituents is 1. The highest BCUT2D eigenvalue weighted by molar-refractivity contribution is 5.95. The lowest BCUT2D eigenvalue weighted by Gasteiger charge is -2.07. The monoisotopic (exact) mass is 408 g/mol. The molecule has 0 unspecified atom stereocenters. The van der Waals surface area contributed by atoms with Crippen LogP contribution in [0.5, 0.6) is 11.5 Å². The average Bonchev–Trinajstić information content (AvgIpc) is 3.13. The summed E-state index contributed by atoms with van der Waals surface area (Å²) in [6.45, 7) is 1.25. The number of aromatic nitrogens is 2.